The lowest BCUT2D eigenvalue weighted by Crippen LogP contribution is -2.38. The van der Waals surface area contributed by atoms with Gasteiger partial charge in [0, 0.05) is 12.1 Å². The lowest BCUT2D eigenvalue weighted by Gasteiger charge is -2.35. The van der Waals surface area contributed by atoms with Crippen LogP contribution in [-0.4, -0.2) is 24.7 Å². The van der Waals surface area contributed by atoms with Crippen molar-refractivity contribution in [3.05, 3.63) is 24.3 Å². The Labute approximate surface area is 116 Å². The van der Waals surface area contributed by atoms with E-state index in [0.717, 1.165) is 25.3 Å². The molecule has 0 bridgehead atoms. The molecule has 2 rings (SSSR count). The second-order valence-corrected chi connectivity index (χ2v) is 6.36. The highest BCUT2D eigenvalue weighted by Gasteiger charge is 2.38. The molecule has 0 aliphatic carbocycles. The lowest BCUT2D eigenvalue weighted by atomic mass is 9.96. The predicted octanol–water partition coefficient (Wildman–Crippen LogP) is 3.04. The maximum Gasteiger partial charge on any atom is 0.142 e. The van der Waals surface area contributed by atoms with Gasteiger partial charge in [-0.25, -0.2) is 0 Å². The Morgan fingerprint density at radius 3 is 2.63 bits per heavy atom. The number of nitrogens with two attached hydrogens (primary N) is 1. The van der Waals surface area contributed by atoms with E-state index < -0.39 is 0 Å². The summed E-state index contributed by atoms with van der Waals surface area (Å²) in [6, 6.07) is 8.32. The number of anilines is 1. The number of benzene rings is 1. The molecule has 1 aromatic rings. The van der Waals surface area contributed by atoms with E-state index in [9.17, 15) is 0 Å². The van der Waals surface area contributed by atoms with Crippen LogP contribution in [0.1, 0.15) is 34.1 Å². The van der Waals surface area contributed by atoms with Crippen LogP contribution in [0, 0.1) is 5.92 Å². The molecule has 0 aromatic heterocycles. The molecule has 1 atom stereocenters. The maximum atomic E-state index is 5.95. The van der Waals surface area contributed by atoms with Gasteiger partial charge in [0.15, 0.2) is 0 Å². The minimum atomic E-state index is 0.139. The molecule has 3 heteroatoms. The van der Waals surface area contributed by atoms with Gasteiger partial charge in [0.05, 0.1) is 11.8 Å². The molecule has 0 radical (unpaired) electrons. The molecule has 1 saturated heterocycles. The predicted molar refractivity (Wildman–Crippen MR) is 80.8 cm³/mol. The normalized spacial score (nSPS) is 22.0. The van der Waals surface area contributed by atoms with Crippen molar-refractivity contribution in [2.24, 2.45) is 11.7 Å². The van der Waals surface area contributed by atoms with Gasteiger partial charge in [-0.3, -0.25) is 0 Å². The van der Waals surface area contributed by atoms with Crippen LogP contribution in [0.2, 0.25) is 0 Å². The highest BCUT2D eigenvalue weighted by molar-refractivity contribution is 5.61. The van der Waals surface area contributed by atoms with Crippen molar-refractivity contribution in [3.63, 3.8) is 0 Å². The molecule has 106 valence electrons. The largest absolute Gasteiger partial charge is 0.489 e. The Bertz CT molecular complexity index is 429. The van der Waals surface area contributed by atoms with E-state index >= 15 is 0 Å². The fourth-order valence-corrected chi connectivity index (χ4v) is 3.00. The molecule has 1 heterocycles. The standard InChI is InChI=1S/C16H26N2O/c1-12(2)19-15-8-6-5-7-14(15)18-11-13(10-17)9-16(18,3)4/h5-8,12-13H,9-11,17H2,1-4H3. The average Bonchev–Trinajstić information content (AvgIpc) is 2.64. The Morgan fingerprint density at radius 2 is 2.05 bits per heavy atom. The van der Waals surface area contributed by atoms with Crippen molar-refractivity contribution in [1.29, 1.82) is 0 Å². The Kier molecular flexibility index (Phi) is 4.04. The van der Waals surface area contributed by atoms with Crippen molar-refractivity contribution in [1.82, 2.24) is 0 Å². The topological polar surface area (TPSA) is 38.5 Å². The molecule has 1 aliphatic heterocycles. The molecule has 0 spiro atoms. The third kappa shape index (κ3) is 3.03. The Hall–Kier alpha value is -1.22. The highest BCUT2D eigenvalue weighted by Crippen LogP contribution is 2.40. The number of rotatable bonds is 4. The van der Waals surface area contributed by atoms with Gasteiger partial charge in [0.25, 0.3) is 0 Å². The summed E-state index contributed by atoms with van der Waals surface area (Å²) in [5.41, 5.74) is 7.19. The lowest BCUT2D eigenvalue weighted by molar-refractivity contribution is 0.242. The summed E-state index contributed by atoms with van der Waals surface area (Å²) in [6.45, 7) is 10.5. The van der Waals surface area contributed by atoms with Crippen LogP contribution < -0.4 is 15.4 Å². The van der Waals surface area contributed by atoms with Gasteiger partial charge in [-0.05, 0) is 58.7 Å². The zero-order chi connectivity index (χ0) is 14.0. The van der Waals surface area contributed by atoms with E-state index in [0.29, 0.717) is 5.92 Å². The van der Waals surface area contributed by atoms with Gasteiger partial charge in [-0.1, -0.05) is 12.1 Å². The van der Waals surface area contributed by atoms with E-state index in [4.69, 9.17) is 10.5 Å². The van der Waals surface area contributed by atoms with Crippen LogP contribution in [0.15, 0.2) is 24.3 Å². The Morgan fingerprint density at radius 1 is 1.37 bits per heavy atom. The van der Waals surface area contributed by atoms with Gasteiger partial charge in [0.2, 0.25) is 0 Å². The first-order chi connectivity index (χ1) is 8.94. The molecule has 3 nitrogen and oxygen atoms in total. The van der Waals surface area contributed by atoms with Crippen molar-refractivity contribution < 1.29 is 4.74 Å². The number of hydrogen-bond acceptors (Lipinski definition) is 3. The van der Waals surface area contributed by atoms with E-state index in [2.05, 4.69) is 50.8 Å². The molecule has 0 amide bonds. The molecular formula is C16H26N2O. The molecule has 1 unspecified atom stereocenters. The monoisotopic (exact) mass is 262 g/mol. The van der Waals surface area contributed by atoms with Crippen LogP contribution in [0.4, 0.5) is 5.69 Å². The van der Waals surface area contributed by atoms with Crippen molar-refractivity contribution in [2.75, 3.05) is 18.0 Å². The van der Waals surface area contributed by atoms with Crippen molar-refractivity contribution in [3.8, 4) is 5.75 Å². The summed E-state index contributed by atoms with van der Waals surface area (Å²) in [6.07, 6.45) is 1.33. The molecule has 1 aliphatic rings. The first kappa shape index (κ1) is 14.2. The third-order valence-corrected chi connectivity index (χ3v) is 3.81. The van der Waals surface area contributed by atoms with Gasteiger partial charge in [-0.15, -0.1) is 0 Å². The third-order valence-electron chi connectivity index (χ3n) is 3.81. The average molecular weight is 262 g/mol. The maximum absolute atomic E-state index is 5.95. The second-order valence-electron chi connectivity index (χ2n) is 6.36. The summed E-state index contributed by atoms with van der Waals surface area (Å²) >= 11 is 0. The number of ether oxygens (including phenoxy) is 1. The fourth-order valence-electron chi connectivity index (χ4n) is 3.00. The minimum absolute atomic E-state index is 0.139. The van der Waals surface area contributed by atoms with Crippen LogP contribution >= 0.6 is 0 Å². The summed E-state index contributed by atoms with van der Waals surface area (Å²) in [5.74, 6) is 1.55. The summed E-state index contributed by atoms with van der Waals surface area (Å²) in [4.78, 5) is 2.45. The molecule has 2 N–H and O–H groups in total. The van der Waals surface area contributed by atoms with E-state index in [-0.39, 0.29) is 11.6 Å². The van der Waals surface area contributed by atoms with Crippen LogP contribution in [0.5, 0.6) is 5.75 Å². The first-order valence-electron chi connectivity index (χ1n) is 7.17. The number of hydrogen-bond donors (Lipinski definition) is 1. The summed E-state index contributed by atoms with van der Waals surface area (Å²) in [7, 11) is 0. The smallest absolute Gasteiger partial charge is 0.142 e. The van der Waals surface area contributed by atoms with Crippen molar-refractivity contribution in [2.45, 2.75) is 45.8 Å². The van der Waals surface area contributed by atoms with Crippen LogP contribution in [-0.2, 0) is 0 Å². The second kappa shape index (κ2) is 5.41. The molecule has 0 saturated carbocycles. The van der Waals surface area contributed by atoms with Gasteiger partial charge >= 0.3 is 0 Å². The highest BCUT2D eigenvalue weighted by atomic mass is 16.5. The van der Waals surface area contributed by atoms with Gasteiger partial charge in [-0.2, -0.15) is 0 Å². The number of para-hydroxylation sites is 2. The van der Waals surface area contributed by atoms with E-state index in [1.54, 1.807) is 0 Å². The summed E-state index contributed by atoms with van der Waals surface area (Å²) < 4.78 is 5.95. The molecule has 19 heavy (non-hydrogen) atoms. The number of nitrogens with zero attached hydrogens (tertiary/aromatic N) is 1. The molecule has 1 fully saturated rings. The van der Waals surface area contributed by atoms with E-state index in [1.165, 1.54) is 5.69 Å². The summed E-state index contributed by atoms with van der Waals surface area (Å²) in [5, 5.41) is 0. The van der Waals surface area contributed by atoms with E-state index in [1.807, 2.05) is 6.07 Å². The van der Waals surface area contributed by atoms with Gasteiger partial charge in [0.1, 0.15) is 5.75 Å². The quantitative estimate of drug-likeness (QED) is 0.906. The zero-order valence-electron chi connectivity index (χ0n) is 12.5. The van der Waals surface area contributed by atoms with Crippen LogP contribution in [0.25, 0.3) is 0 Å². The first-order valence-corrected chi connectivity index (χ1v) is 7.17. The minimum Gasteiger partial charge on any atom is -0.489 e. The Balaban J connectivity index is 2.31. The van der Waals surface area contributed by atoms with Gasteiger partial charge < -0.3 is 15.4 Å². The SMILES string of the molecule is CC(C)Oc1ccccc1N1CC(CN)CC1(C)C. The zero-order valence-corrected chi connectivity index (χ0v) is 12.5. The van der Waals surface area contributed by atoms with Crippen molar-refractivity contribution >= 4 is 5.69 Å². The molecular weight excluding hydrogens is 236 g/mol. The fraction of sp³-hybridized carbons (Fsp3) is 0.625. The molecule has 1 aromatic carbocycles. The van der Waals surface area contributed by atoms with Crippen LogP contribution in [0.3, 0.4) is 0 Å².